The van der Waals surface area contributed by atoms with Crippen LogP contribution in [0.2, 0.25) is 0 Å². The van der Waals surface area contributed by atoms with Gasteiger partial charge in [-0.15, -0.1) is 0 Å². The molecule has 0 bridgehead atoms. The summed E-state index contributed by atoms with van der Waals surface area (Å²) in [5.41, 5.74) is 5.60. The number of carbonyl (C=O) groups is 1. The van der Waals surface area contributed by atoms with Gasteiger partial charge in [-0.05, 0) is 38.0 Å². The van der Waals surface area contributed by atoms with Gasteiger partial charge in [0, 0.05) is 4.47 Å². The van der Waals surface area contributed by atoms with Crippen molar-refractivity contribution in [2.75, 3.05) is 0 Å². The summed E-state index contributed by atoms with van der Waals surface area (Å²) in [4.78, 5) is 12.4. The van der Waals surface area contributed by atoms with E-state index >= 15 is 0 Å². The first-order valence-corrected chi connectivity index (χ1v) is 7.19. The number of benzene rings is 1. The normalized spacial score (nSPS) is 16.3. The summed E-state index contributed by atoms with van der Waals surface area (Å²) < 4.78 is 0.981. The van der Waals surface area contributed by atoms with E-state index in [0.29, 0.717) is 6.42 Å². The van der Waals surface area contributed by atoms with E-state index in [2.05, 4.69) is 26.4 Å². The van der Waals surface area contributed by atoms with Crippen LogP contribution < -0.4 is 11.1 Å². The van der Waals surface area contributed by atoms with Crippen molar-refractivity contribution in [3.8, 4) is 0 Å². The molecule has 0 aliphatic carbocycles. The van der Waals surface area contributed by atoms with Crippen LogP contribution in [0.25, 0.3) is 0 Å². The summed E-state index contributed by atoms with van der Waals surface area (Å²) in [7, 11) is 0. The largest absolute Gasteiger partial charge is 0.409 e. The second-order valence-electron chi connectivity index (χ2n) is 4.92. The summed E-state index contributed by atoms with van der Waals surface area (Å²) in [6.07, 6.45) is 0.446. The molecule has 5 nitrogen and oxygen atoms in total. The Morgan fingerprint density at radius 1 is 1.50 bits per heavy atom. The van der Waals surface area contributed by atoms with Gasteiger partial charge in [-0.1, -0.05) is 40.1 Å². The van der Waals surface area contributed by atoms with Crippen molar-refractivity contribution in [2.24, 2.45) is 16.3 Å². The molecule has 0 saturated heterocycles. The topological polar surface area (TPSA) is 87.7 Å². The quantitative estimate of drug-likeness (QED) is 0.333. The summed E-state index contributed by atoms with van der Waals surface area (Å²) >= 11 is 3.37. The van der Waals surface area contributed by atoms with E-state index in [-0.39, 0.29) is 17.8 Å². The molecule has 0 fully saturated rings. The number of hydrogen-bond donors (Lipinski definition) is 3. The van der Waals surface area contributed by atoms with E-state index in [4.69, 9.17) is 10.9 Å². The van der Waals surface area contributed by atoms with Crippen LogP contribution in [0.3, 0.4) is 0 Å². The SMILES string of the molecule is CCC(C)(C(=O)NC(C)c1ccc(Br)cc1)/C(N)=N/O. The van der Waals surface area contributed by atoms with Gasteiger partial charge in [-0.2, -0.15) is 0 Å². The molecule has 0 spiro atoms. The van der Waals surface area contributed by atoms with Crippen LogP contribution >= 0.6 is 15.9 Å². The van der Waals surface area contributed by atoms with Crippen molar-refractivity contribution < 1.29 is 10.0 Å². The third-order valence-corrected chi connectivity index (χ3v) is 4.13. The lowest BCUT2D eigenvalue weighted by atomic mass is 9.84. The van der Waals surface area contributed by atoms with Gasteiger partial charge >= 0.3 is 0 Å². The number of nitrogens with two attached hydrogens (primary N) is 1. The summed E-state index contributed by atoms with van der Waals surface area (Å²) in [5.74, 6) is -0.341. The maximum absolute atomic E-state index is 12.4. The molecule has 4 N–H and O–H groups in total. The highest BCUT2D eigenvalue weighted by Gasteiger charge is 2.37. The first kappa shape index (κ1) is 16.5. The molecule has 110 valence electrons. The Hall–Kier alpha value is -1.56. The second-order valence-corrected chi connectivity index (χ2v) is 5.83. The zero-order valence-electron chi connectivity index (χ0n) is 11.9. The van der Waals surface area contributed by atoms with Gasteiger partial charge in [0.25, 0.3) is 0 Å². The fourth-order valence-corrected chi connectivity index (χ4v) is 2.02. The third-order valence-electron chi connectivity index (χ3n) is 3.60. The predicted molar refractivity (Wildman–Crippen MR) is 82.5 cm³/mol. The first-order chi connectivity index (χ1) is 9.35. The third kappa shape index (κ3) is 3.50. The molecule has 0 aliphatic rings. The van der Waals surface area contributed by atoms with E-state index in [1.54, 1.807) is 6.92 Å². The maximum atomic E-state index is 12.4. The van der Waals surface area contributed by atoms with Crippen LogP contribution in [-0.4, -0.2) is 17.0 Å². The average Bonchev–Trinajstić information content (AvgIpc) is 2.45. The van der Waals surface area contributed by atoms with Gasteiger partial charge in [0.2, 0.25) is 5.91 Å². The van der Waals surface area contributed by atoms with Gasteiger partial charge in [-0.25, -0.2) is 0 Å². The molecular formula is C14H20BrN3O2. The number of oxime groups is 1. The van der Waals surface area contributed by atoms with Crippen molar-refractivity contribution in [3.05, 3.63) is 34.3 Å². The Morgan fingerprint density at radius 3 is 2.50 bits per heavy atom. The zero-order chi connectivity index (χ0) is 15.3. The Labute approximate surface area is 127 Å². The molecule has 1 rings (SSSR count). The lowest BCUT2D eigenvalue weighted by molar-refractivity contribution is -0.127. The van der Waals surface area contributed by atoms with Crippen LogP contribution in [0, 0.1) is 5.41 Å². The van der Waals surface area contributed by atoms with Crippen molar-refractivity contribution in [3.63, 3.8) is 0 Å². The van der Waals surface area contributed by atoms with Crippen molar-refractivity contribution >= 4 is 27.7 Å². The second kappa shape index (κ2) is 6.74. The number of hydrogen-bond acceptors (Lipinski definition) is 3. The van der Waals surface area contributed by atoms with Gasteiger partial charge in [0.05, 0.1) is 6.04 Å². The number of halogens is 1. The van der Waals surface area contributed by atoms with Crippen molar-refractivity contribution in [1.82, 2.24) is 5.32 Å². The van der Waals surface area contributed by atoms with Crippen LogP contribution in [-0.2, 0) is 4.79 Å². The highest BCUT2D eigenvalue weighted by Crippen LogP contribution is 2.24. The highest BCUT2D eigenvalue weighted by atomic mass is 79.9. The lowest BCUT2D eigenvalue weighted by Crippen LogP contribution is -2.48. The number of rotatable bonds is 5. The summed E-state index contributed by atoms with van der Waals surface area (Å²) in [6.45, 7) is 5.37. The van der Waals surface area contributed by atoms with Crippen LogP contribution in [0.4, 0.5) is 0 Å². The smallest absolute Gasteiger partial charge is 0.234 e. The molecule has 6 heteroatoms. The summed E-state index contributed by atoms with van der Waals surface area (Å²) in [5, 5.41) is 14.7. The fraction of sp³-hybridized carbons (Fsp3) is 0.429. The van der Waals surface area contributed by atoms with Gasteiger partial charge in [0.1, 0.15) is 5.41 Å². The zero-order valence-corrected chi connectivity index (χ0v) is 13.4. The average molecular weight is 342 g/mol. The van der Waals surface area contributed by atoms with Gasteiger partial charge in [-0.3, -0.25) is 4.79 Å². The molecule has 1 aromatic carbocycles. The van der Waals surface area contributed by atoms with Crippen LogP contribution in [0.15, 0.2) is 33.9 Å². The number of carbonyl (C=O) groups excluding carboxylic acids is 1. The van der Waals surface area contributed by atoms with E-state index < -0.39 is 5.41 Å². The van der Waals surface area contributed by atoms with Crippen molar-refractivity contribution in [2.45, 2.75) is 33.2 Å². The number of nitrogens with zero attached hydrogens (tertiary/aromatic N) is 1. The minimum Gasteiger partial charge on any atom is -0.409 e. The Kier molecular flexibility index (Phi) is 5.56. The molecule has 2 unspecified atom stereocenters. The molecular weight excluding hydrogens is 322 g/mol. The molecule has 2 atom stereocenters. The van der Waals surface area contributed by atoms with Crippen LogP contribution in [0.1, 0.15) is 38.8 Å². The Bertz CT molecular complexity index is 502. The van der Waals surface area contributed by atoms with Gasteiger partial charge in [0.15, 0.2) is 5.84 Å². The van der Waals surface area contributed by atoms with E-state index in [9.17, 15) is 4.79 Å². The highest BCUT2D eigenvalue weighted by molar-refractivity contribution is 9.10. The number of amides is 1. The molecule has 20 heavy (non-hydrogen) atoms. The molecule has 0 saturated carbocycles. The number of amidine groups is 1. The lowest BCUT2D eigenvalue weighted by Gasteiger charge is -2.27. The molecule has 0 aliphatic heterocycles. The molecule has 0 radical (unpaired) electrons. The Balaban J connectivity index is 2.86. The standard InChI is InChI=1S/C14H20BrN3O2/c1-4-14(3,12(16)18-20)13(19)17-9(2)10-5-7-11(15)8-6-10/h5-9,20H,4H2,1-3H3,(H2,16,18)(H,17,19). The molecule has 0 aromatic heterocycles. The minimum absolute atomic E-state index is 0.0829. The first-order valence-electron chi connectivity index (χ1n) is 6.39. The van der Waals surface area contributed by atoms with E-state index in [1.807, 2.05) is 38.1 Å². The Morgan fingerprint density at radius 2 is 2.05 bits per heavy atom. The molecule has 1 amide bonds. The predicted octanol–water partition coefficient (Wildman–Crippen LogP) is 2.79. The maximum Gasteiger partial charge on any atom is 0.234 e. The number of nitrogens with one attached hydrogen (secondary N) is 1. The van der Waals surface area contributed by atoms with E-state index in [0.717, 1.165) is 10.0 Å². The monoisotopic (exact) mass is 341 g/mol. The van der Waals surface area contributed by atoms with Crippen molar-refractivity contribution in [1.29, 1.82) is 0 Å². The fourth-order valence-electron chi connectivity index (χ4n) is 1.76. The van der Waals surface area contributed by atoms with Crippen LogP contribution in [0.5, 0.6) is 0 Å². The van der Waals surface area contributed by atoms with E-state index in [1.165, 1.54) is 0 Å². The summed E-state index contributed by atoms with van der Waals surface area (Å²) in [6, 6.07) is 7.54. The minimum atomic E-state index is -1.02. The molecule has 0 heterocycles. The van der Waals surface area contributed by atoms with Gasteiger partial charge < -0.3 is 16.3 Å². The molecule has 1 aromatic rings.